The highest BCUT2D eigenvalue weighted by Crippen LogP contribution is 2.45. The van der Waals surface area contributed by atoms with Crippen molar-refractivity contribution in [1.29, 1.82) is 0 Å². The number of rotatable bonds is 25. The van der Waals surface area contributed by atoms with Crippen molar-refractivity contribution in [1.82, 2.24) is 19.1 Å². The summed E-state index contributed by atoms with van der Waals surface area (Å²) in [5, 5.41) is 18.5. The molecule has 0 aliphatic carbocycles. The Morgan fingerprint density at radius 2 is 0.961 bits per heavy atom. The summed E-state index contributed by atoms with van der Waals surface area (Å²) in [6, 6.07) is 33.6. The molecular formula is C56H66N10O8Si3. The number of hydrogen-bond acceptors (Lipinski definition) is 13. The van der Waals surface area contributed by atoms with Crippen LogP contribution in [0.3, 0.4) is 0 Å². The Balaban J connectivity index is 1.15. The van der Waals surface area contributed by atoms with E-state index in [0.717, 1.165) is 56.6 Å². The highest BCUT2D eigenvalue weighted by Gasteiger charge is 2.58. The lowest BCUT2D eigenvalue weighted by molar-refractivity contribution is -0.137. The van der Waals surface area contributed by atoms with E-state index >= 15 is 0 Å². The number of aromatic nitrogens is 2. The summed E-state index contributed by atoms with van der Waals surface area (Å²) in [4.78, 5) is 70.1. The SMILES string of the molecule is CCCCOCCOCC(=O)NCCC[Si](C)(C)O[Si]1(O[Si](C)(C)CCCNC(=O)CCCCC(=O)O)n2c3c4ccccc4c2N=C2N=C(N=c4c5ccccc5c(n41)=NC1=NC(=N3)c3ccccc31)c1ccccc12. The number of carbonyl (C=O) groups is 3. The average molecular weight is 1090 g/mol. The second-order valence-electron chi connectivity index (χ2n) is 20.9. The fourth-order valence-electron chi connectivity index (χ4n) is 10.3. The first-order valence-corrected chi connectivity index (χ1v) is 34.8. The number of fused-ring (bicyclic) bond motifs is 14. The number of aliphatic imine (C=N–C) groups is 4. The summed E-state index contributed by atoms with van der Waals surface area (Å²) in [5.41, 5.74) is 4.46. The molecule has 0 radical (unpaired) electrons. The molecule has 4 aromatic carbocycles. The van der Waals surface area contributed by atoms with Gasteiger partial charge in [-0.15, -0.1) is 0 Å². The zero-order chi connectivity index (χ0) is 53.7. The van der Waals surface area contributed by atoms with Crippen molar-refractivity contribution >= 4 is 99.8 Å². The van der Waals surface area contributed by atoms with Crippen LogP contribution in [-0.4, -0.2) is 120 Å². The third-order valence-corrected chi connectivity index (χ3v) is 25.6. The molecule has 77 heavy (non-hydrogen) atoms. The molecule has 18 nitrogen and oxygen atoms in total. The number of unbranched alkanes of at least 4 members (excludes halogenated alkanes) is 2. The van der Waals surface area contributed by atoms with E-state index in [1.165, 1.54) is 0 Å². The highest BCUT2D eigenvalue weighted by molar-refractivity contribution is 6.88. The van der Waals surface area contributed by atoms with E-state index in [2.05, 4.69) is 76.5 Å². The molecular weight excluding hydrogens is 1020 g/mol. The number of ether oxygens (including phenoxy) is 2. The van der Waals surface area contributed by atoms with E-state index in [4.69, 9.17) is 52.8 Å². The van der Waals surface area contributed by atoms with Gasteiger partial charge in [0.2, 0.25) is 11.8 Å². The molecule has 6 aromatic rings. The average Bonchev–Trinajstić information content (AvgIpc) is 4.18. The molecule has 3 N–H and O–H groups in total. The second kappa shape index (κ2) is 23.0. The number of aliphatic carboxylic acids is 1. The molecule has 0 saturated heterocycles. The lowest BCUT2D eigenvalue weighted by Crippen LogP contribution is -2.70. The van der Waals surface area contributed by atoms with Crippen molar-refractivity contribution in [2.45, 2.75) is 96.6 Å². The van der Waals surface area contributed by atoms with Gasteiger partial charge in [0.1, 0.15) is 29.2 Å². The van der Waals surface area contributed by atoms with Crippen LogP contribution >= 0.6 is 0 Å². The molecule has 0 fully saturated rings. The molecule has 2 amide bonds. The number of benzene rings is 4. The molecule has 10 rings (SSSR count). The standard InChI is InChI=1S/C56H66N10O8Si3/c1-6-7-32-71-33-34-72-37-47(68)58-31-19-36-76(4,5)74-77(73-75(2,3)35-18-30-57-46(67)28-16-17-29-48(69)70)65-53-42-24-12-13-25-43(42)55(65)63-51-40-22-10-11-23-41(40)52(60-51)64-56-45-27-15-14-26-44(45)54(66(56)77)62-50-39-21-9-8-20-38(39)49(59-50)61-53/h8-15,20-27H,6-7,16-19,28-37H2,1-5H3,(H,57,67)(H,58,68)(H,69,70). The molecule has 4 aliphatic rings. The minimum absolute atomic E-state index is 0.0301. The molecule has 1 atom stereocenters. The van der Waals surface area contributed by atoms with E-state index in [-0.39, 0.29) is 31.3 Å². The molecule has 0 saturated carbocycles. The second-order valence-corrected chi connectivity index (χ2v) is 32.6. The van der Waals surface area contributed by atoms with Crippen molar-refractivity contribution in [3.8, 4) is 0 Å². The van der Waals surface area contributed by atoms with Gasteiger partial charge < -0.3 is 33.4 Å². The minimum atomic E-state index is -4.52. The number of hydrogen-bond donors (Lipinski definition) is 3. The first-order chi connectivity index (χ1) is 37.3. The smallest absolute Gasteiger partial charge is 0.481 e. The summed E-state index contributed by atoms with van der Waals surface area (Å²) in [6.07, 6.45) is 4.48. The van der Waals surface area contributed by atoms with Crippen LogP contribution in [0.5, 0.6) is 0 Å². The first kappa shape index (κ1) is 53.5. The summed E-state index contributed by atoms with van der Waals surface area (Å²) < 4.78 is 32.1. The van der Waals surface area contributed by atoms with Crippen LogP contribution in [0.2, 0.25) is 38.3 Å². The summed E-state index contributed by atoms with van der Waals surface area (Å²) in [6.45, 7) is 13.1. The third kappa shape index (κ3) is 11.4. The zero-order valence-corrected chi connectivity index (χ0v) is 47.4. The fraction of sp³-hybridized carbons (Fsp3) is 0.375. The van der Waals surface area contributed by atoms with Crippen LogP contribution in [-0.2, 0) is 32.1 Å². The molecule has 21 heteroatoms. The van der Waals surface area contributed by atoms with E-state index in [1.54, 1.807) is 0 Å². The lowest BCUT2D eigenvalue weighted by atomic mass is 10.1. The molecule has 4 aliphatic heterocycles. The number of carbonyl (C=O) groups excluding carboxylic acids is 2. The number of carboxylic acid groups (broad SMARTS) is 1. The highest BCUT2D eigenvalue weighted by atomic mass is 28.5. The zero-order valence-electron chi connectivity index (χ0n) is 44.4. The number of nitrogens with one attached hydrogen (secondary N) is 2. The van der Waals surface area contributed by atoms with Crippen molar-refractivity contribution in [2.75, 3.05) is 39.5 Å². The topological polar surface area (TPSA) is 216 Å². The molecule has 2 aromatic heterocycles. The summed E-state index contributed by atoms with van der Waals surface area (Å²) in [7, 11) is -10.5. The molecule has 6 heterocycles. The molecule has 1 unspecified atom stereocenters. The van der Waals surface area contributed by atoms with Crippen molar-refractivity contribution in [3.05, 3.63) is 130 Å². The summed E-state index contributed by atoms with van der Waals surface area (Å²) >= 11 is 0. The summed E-state index contributed by atoms with van der Waals surface area (Å²) in [5.74, 6) is 1.91. The van der Waals surface area contributed by atoms with Crippen LogP contribution in [0.25, 0.3) is 21.5 Å². The Bertz CT molecular complexity index is 3370. The largest absolute Gasteiger partial charge is 0.582 e. The first-order valence-electron chi connectivity index (χ1n) is 26.8. The minimum Gasteiger partial charge on any atom is -0.481 e. The fourth-order valence-corrected chi connectivity index (χ4v) is 22.9. The Kier molecular flexibility index (Phi) is 16.0. The maximum Gasteiger partial charge on any atom is 0.582 e. The van der Waals surface area contributed by atoms with E-state index < -0.39 is 31.5 Å². The van der Waals surface area contributed by atoms with Gasteiger partial charge in [-0.3, -0.25) is 22.8 Å². The van der Waals surface area contributed by atoms with E-state index in [9.17, 15) is 14.4 Å². The Morgan fingerprint density at radius 3 is 1.45 bits per heavy atom. The van der Waals surface area contributed by atoms with Gasteiger partial charge in [0.15, 0.2) is 40.0 Å². The van der Waals surface area contributed by atoms with Gasteiger partial charge in [-0.25, -0.2) is 30.0 Å². The number of amidine groups is 4. The molecule has 400 valence electrons. The quantitative estimate of drug-likeness (QED) is 0.0373. The van der Waals surface area contributed by atoms with Gasteiger partial charge in [-0.2, -0.15) is 0 Å². The maximum atomic E-state index is 13.1. The van der Waals surface area contributed by atoms with Crippen LogP contribution in [0.4, 0.5) is 11.6 Å². The van der Waals surface area contributed by atoms with Crippen LogP contribution < -0.4 is 21.6 Å². The van der Waals surface area contributed by atoms with Gasteiger partial charge >= 0.3 is 14.9 Å². The van der Waals surface area contributed by atoms with Gasteiger partial charge in [0, 0.05) is 76.3 Å². The third-order valence-electron chi connectivity index (χ3n) is 14.0. The van der Waals surface area contributed by atoms with Crippen molar-refractivity contribution in [3.63, 3.8) is 0 Å². The molecule has 0 spiro atoms. The Morgan fingerprint density at radius 1 is 0.519 bits per heavy atom. The Labute approximate surface area is 450 Å². The van der Waals surface area contributed by atoms with Crippen molar-refractivity contribution < 1.29 is 37.2 Å². The van der Waals surface area contributed by atoms with E-state index in [1.807, 2.05) is 72.8 Å². The predicted octanol–water partition coefficient (Wildman–Crippen LogP) is 8.31. The van der Waals surface area contributed by atoms with Gasteiger partial charge in [-0.05, 0) is 70.4 Å². The van der Waals surface area contributed by atoms with Crippen LogP contribution in [0, 0.1) is 0 Å². The van der Waals surface area contributed by atoms with Crippen LogP contribution in [0.15, 0.2) is 127 Å². The number of carboxylic acids is 1. The molecule has 6 bridgehead atoms. The predicted molar refractivity (Wildman–Crippen MR) is 306 cm³/mol. The monoisotopic (exact) mass is 1090 g/mol. The number of nitrogens with zero attached hydrogens (tertiary/aromatic N) is 8. The lowest BCUT2D eigenvalue weighted by Gasteiger charge is -2.43. The normalized spacial score (nSPS) is 16.1. The number of amides is 2. The van der Waals surface area contributed by atoms with Gasteiger partial charge in [0.25, 0.3) is 0 Å². The van der Waals surface area contributed by atoms with E-state index in [0.29, 0.717) is 117 Å². The van der Waals surface area contributed by atoms with Crippen LogP contribution in [0.1, 0.15) is 80.5 Å². The van der Waals surface area contributed by atoms with Gasteiger partial charge in [-0.1, -0.05) is 110 Å². The van der Waals surface area contributed by atoms with Gasteiger partial charge in [0.05, 0.1) is 13.2 Å². The maximum absolute atomic E-state index is 13.1. The Hall–Kier alpha value is -6.86. The van der Waals surface area contributed by atoms with Crippen molar-refractivity contribution in [2.24, 2.45) is 30.0 Å².